The third-order valence-electron chi connectivity index (χ3n) is 2.43. The molecule has 0 radical (unpaired) electrons. The Kier molecular flexibility index (Phi) is 4.25. The summed E-state index contributed by atoms with van der Waals surface area (Å²) in [6.07, 6.45) is 1.77. The van der Waals surface area contributed by atoms with Crippen molar-refractivity contribution >= 4 is 27.8 Å². The van der Waals surface area contributed by atoms with Crippen LogP contribution in [0, 0.1) is 0 Å². The highest BCUT2D eigenvalue weighted by Crippen LogP contribution is 2.23. The van der Waals surface area contributed by atoms with Crippen molar-refractivity contribution in [3.8, 4) is 0 Å². The first-order valence-corrected chi connectivity index (χ1v) is 13.0. The van der Waals surface area contributed by atoms with Gasteiger partial charge in [-0.25, -0.2) is 4.98 Å². The highest BCUT2D eigenvalue weighted by molar-refractivity contribution is 7.06. The number of hydrogen-bond acceptors (Lipinski definition) is 2. The first-order chi connectivity index (χ1) is 7.71. The highest BCUT2D eigenvalue weighted by atomic mass is 28.4. The van der Waals surface area contributed by atoms with E-state index in [1.807, 2.05) is 18.2 Å². The fourth-order valence-electron chi connectivity index (χ4n) is 1.99. The lowest BCUT2D eigenvalue weighted by atomic mass is 10.5. The molecule has 0 aliphatic rings. The maximum atomic E-state index is 4.41. The van der Waals surface area contributed by atoms with Crippen molar-refractivity contribution in [2.24, 2.45) is 4.99 Å². The molecule has 0 amide bonds. The van der Waals surface area contributed by atoms with Crippen LogP contribution >= 0.6 is 0 Å². The van der Waals surface area contributed by atoms with Crippen LogP contribution in [0.25, 0.3) is 0 Å². The molecule has 0 unspecified atom stereocenters. The molecule has 0 bridgehead atoms. The minimum absolute atomic E-state index is 0.751. The van der Waals surface area contributed by atoms with E-state index in [2.05, 4.69) is 55.1 Å². The molecule has 0 aliphatic heterocycles. The molecule has 4 heteroatoms. The van der Waals surface area contributed by atoms with E-state index in [0.717, 1.165) is 5.82 Å². The van der Waals surface area contributed by atoms with Crippen LogP contribution in [0.5, 0.6) is 0 Å². The van der Waals surface area contributed by atoms with Gasteiger partial charge < -0.3 is 0 Å². The van der Waals surface area contributed by atoms with Crippen LogP contribution in [0.3, 0.4) is 0 Å². The Morgan fingerprint density at radius 1 is 1.06 bits per heavy atom. The first-order valence-electron chi connectivity index (χ1n) is 5.97. The number of rotatable bonds is 3. The molecule has 0 aromatic carbocycles. The maximum Gasteiger partial charge on any atom is 0.161 e. The molecule has 0 atom stereocenters. The molecule has 1 heterocycles. The van der Waals surface area contributed by atoms with E-state index in [1.54, 1.807) is 6.20 Å². The van der Waals surface area contributed by atoms with E-state index in [4.69, 9.17) is 0 Å². The van der Waals surface area contributed by atoms with Crippen molar-refractivity contribution in [1.29, 1.82) is 0 Å². The standard InChI is InChI=1S/C13H22N2Si2/c1-16(2,3)13(17(4,5)6)11-15-12-9-7-8-10-14-12/h7-10H,1-6H3. The summed E-state index contributed by atoms with van der Waals surface area (Å²) in [7, 11) is -2.66. The fourth-order valence-corrected chi connectivity index (χ4v) is 11.8. The van der Waals surface area contributed by atoms with Crippen molar-refractivity contribution in [2.75, 3.05) is 0 Å². The minimum atomic E-state index is -1.33. The Morgan fingerprint density at radius 2 is 1.65 bits per heavy atom. The molecule has 1 rings (SSSR count). The van der Waals surface area contributed by atoms with Crippen LogP contribution in [-0.4, -0.2) is 27.0 Å². The molecule has 0 N–H and O–H groups in total. The van der Waals surface area contributed by atoms with Crippen LogP contribution in [0.1, 0.15) is 0 Å². The summed E-state index contributed by atoms with van der Waals surface area (Å²) >= 11 is 0. The second-order valence-corrected chi connectivity index (χ2v) is 16.8. The van der Waals surface area contributed by atoms with E-state index >= 15 is 0 Å². The zero-order valence-corrected chi connectivity index (χ0v) is 13.7. The molecule has 0 aliphatic carbocycles. The zero-order valence-electron chi connectivity index (χ0n) is 11.7. The third kappa shape index (κ3) is 4.42. The monoisotopic (exact) mass is 262 g/mol. The van der Waals surface area contributed by atoms with E-state index in [1.165, 1.54) is 4.82 Å². The second kappa shape index (κ2) is 5.13. The van der Waals surface area contributed by atoms with E-state index < -0.39 is 16.1 Å². The number of aliphatic imine (C=N–C) groups is 1. The Labute approximate surface area is 107 Å². The Hall–Kier alpha value is -0.966. The molecular formula is C13H22N2Si2. The molecule has 92 valence electrons. The summed E-state index contributed by atoms with van der Waals surface area (Å²) in [4.78, 5) is 10.1. The molecule has 0 saturated carbocycles. The predicted molar refractivity (Wildman–Crippen MR) is 81.5 cm³/mol. The largest absolute Gasteiger partial charge is 0.237 e. The first kappa shape index (κ1) is 14.1. The summed E-state index contributed by atoms with van der Waals surface area (Å²) in [5, 5.41) is 0. The van der Waals surface area contributed by atoms with Gasteiger partial charge in [0.05, 0.1) is 16.1 Å². The zero-order chi connectivity index (χ0) is 13.1. The second-order valence-electron chi connectivity index (χ2n) is 6.29. The summed E-state index contributed by atoms with van der Waals surface area (Å²) in [6.45, 7) is 14.2. The highest BCUT2D eigenvalue weighted by Gasteiger charge is 2.31. The van der Waals surface area contributed by atoms with Gasteiger partial charge in [-0.15, -0.1) is 0 Å². The molecule has 0 spiro atoms. The van der Waals surface area contributed by atoms with Crippen LogP contribution < -0.4 is 0 Å². The average molecular weight is 263 g/mol. The van der Waals surface area contributed by atoms with Crippen LogP contribution in [0.4, 0.5) is 5.82 Å². The Bertz CT molecular complexity index is 417. The smallest absolute Gasteiger partial charge is 0.161 e. The lowest BCUT2D eigenvalue weighted by Crippen LogP contribution is -2.40. The van der Waals surface area contributed by atoms with E-state index in [9.17, 15) is 0 Å². The number of pyridine rings is 1. The summed E-state index contributed by atoms with van der Waals surface area (Å²) in [5.41, 5.74) is 0. The fraction of sp³-hybridized carbons (Fsp3) is 0.462. The molecule has 1 aromatic heterocycles. The van der Waals surface area contributed by atoms with Gasteiger partial charge in [0.15, 0.2) is 5.82 Å². The van der Waals surface area contributed by atoms with E-state index in [0.29, 0.717) is 0 Å². The van der Waals surface area contributed by atoms with Crippen LogP contribution in [-0.2, 0) is 0 Å². The number of nitrogens with zero attached hydrogens (tertiary/aromatic N) is 2. The van der Waals surface area contributed by atoms with Crippen molar-refractivity contribution in [3.63, 3.8) is 0 Å². The number of hydrogen-bond donors (Lipinski definition) is 0. The SMILES string of the molecule is C[Si](C)(C)C(=C=Nc1ccccn1)[Si](C)(C)C. The lowest BCUT2D eigenvalue weighted by molar-refractivity contribution is 1.28. The van der Waals surface area contributed by atoms with Gasteiger partial charge in [-0.1, -0.05) is 45.3 Å². The van der Waals surface area contributed by atoms with Gasteiger partial charge in [-0.2, -0.15) is 4.99 Å². The van der Waals surface area contributed by atoms with Gasteiger partial charge in [-0.05, 0) is 22.8 Å². The normalized spacial score (nSPS) is 11.9. The van der Waals surface area contributed by atoms with Gasteiger partial charge in [0, 0.05) is 6.20 Å². The van der Waals surface area contributed by atoms with Crippen molar-refractivity contribution in [2.45, 2.75) is 39.3 Å². The molecule has 2 nitrogen and oxygen atoms in total. The van der Waals surface area contributed by atoms with Gasteiger partial charge in [-0.3, -0.25) is 0 Å². The minimum Gasteiger partial charge on any atom is -0.237 e. The third-order valence-corrected chi connectivity index (χ3v) is 10.2. The predicted octanol–water partition coefficient (Wildman–Crippen LogP) is 4.06. The quantitative estimate of drug-likeness (QED) is 0.595. The topological polar surface area (TPSA) is 25.2 Å². The summed E-state index contributed by atoms with van der Waals surface area (Å²) in [6, 6.07) is 5.77. The maximum absolute atomic E-state index is 4.41. The van der Waals surface area contributed by atoms with Crippen molar-refractivity contribution < 1.29 is 0 Å². The van der Waals surface area contributed by atoms with Gasteiger partial charge in [0.25, 0.3) is 0 Å². The number of aromatic nitrogens is 1. The van der Waals surface area contributed by atoms with Gasteiger partial charge in [0.1, 0.15) is 0 Å². The molecule has 1 aromatic rings. The molecular weight excluding hydrogens is 240 g/mol. The molecule has 0 saturated heterocycles. The van der Waals surface area contributed by atoms with Crippen molar-refractivity contribution in [3.05, 3.63) is 29.2 Å². The van der Waals surface area contributed by atoms with E-state index in [-0.39, 0.29) is 0 Å². The van der Waals surface area contributed by atoms with Gasteiger partial charge in [0.2, 0.25) is 0 Å². The molecule has 17 heavy (non-hydrogen) atoms. The van der Waals surface area contributed by atoms with Gasteiger partial charge >= 0.3 is 0 Å². The van der Waals surface area contributed by atoms with Crippen LogP contribution in [0.15, 0.2) is 34.2 Å². The molecule has 0 fully saturated rings. The Balaban J connectivity index is 3.21. The Morgan fingerprint density at radius 3 is 2.06 bits per heavy atom. The average Bonchev–Trinajstić information content (AvgIpc) is 2.15. The lowest BCUT2D eigenvalue weighted by Gasteiger charge is -2.28. The summed E-state index contributed by atoms with van der Waals surface area (Å²) < 4.78 is 0. The van der Waals surface area contributed by atoms with Crippen LogP contribution in [0.2, 0.25) is 39.3 Å². The summed E-state index contributed by atoms with van der Waals surface area (Å²) in [5.74, 6) is 4.07. The van der Waals surface area contributed by atoms with Crippen molar-refractivity contribution in [1.82, 2.24) is 4.98 Å².